The number of morpholine rings is 1. The van der Waals surface area contributed by atoms with Crippen LogP contribution in [0.3, 0.4) is 0 Å². The highest BCUT2D eigenvalue weighted by Gasteiger charge is 2.45. The number of nitrogens with two attached hydrogens (primary N) is 1. The van der Waals surface area contributed by atoms with E-state index in [1.54, 1.807) is 55.4 Å². The normalized spacial score (nSPS) is 27.5. The predicted molar refractivity (Wildman–Crippen MR) is 367 cm³/mol. The molecule has 2 aliphatic heterocycles. The summed E-state index contributed by atoms with van der Waals surface area (Å²) in [5.74, 6) is -11.0. The summed E-state index contributed by atoms with van der Waals surface area (Å²) in [7, 11) is 8.70. The molecule has 0 bridgehead atoms. The lowest BCUT2D eigenvalue weighted by Crippen LogP contribution is -2.63. The highest BCUT2D eigenvalue weighted by molar-refractivity contribution is 6.00. The highest BCUT2D eigenvalue weighted by Crippen LogP contribution is 2.28. The average Bonchev–Trinajstić information content (AvgIpc) is 0.826. The van der Waals surface area contributed by atoms with Crippen molar-refractivity contribution in [3.05, 3.63) is 0 Å². The first kappa shape index (κ1) is 85.5. The first-order valence-electron chi connectivity index (χ1n) is 35.2. The van der Waals surface area contributed by atoms with Crippen molar-refractivity contribution in [2.45, 2.75) is 248 Å². The Morgan fingerprint density at radius 3 is 1.57 bits per heavy atom. The molecular weight excluding hydrogens is 1220 g/mol. The molecule has 0 spiro atoms. The molecule has 0 aromatic rings. The van der Waals surface area contributed by atoms with E-state index in [0.717, 1.165) is 31.0 Å². The van der Waals surface area contributed by atoms with Gasteiger partial charge in [0.05, 0.1) is 31.5 Å². The van der Waals surface area contributed by atoms with E-state index in [0.29, 0.717) is 45.4 Å². The van der Waals surface area contributed by atoms with Gasteiger partial charge in [0.1, 0.15) is 48.3 Å². The van der Waals surface area contributed by atoms with Crippen molar-refractivity contribution in [3.8, 4) is 0 Å². The molecule has 6 N–H and O–H groups in total. The van der Waals surface area contributed by atoms with Crippen LogP contribution in [-0.2, 0) is 62.2 Å². The van der Waals surface area contributed by atoms with Crippen LogP contribution >= 0.6 is 0 Å². The van der Waals surface area contributed by atoms with Gasteiger partial charge in [-0.1, -0.05) is 96.4 Å². The van der Waals surface area contributed by atoms with Gasteiger partial charge in [0.15, 0.2) is 11.6 Å². The standard InChI is InChI=1S/C70H127N11O14/c1-23-52-68(91)75(17)49(15)66(89)80(22)60(50(16)95-33-27-26-30-81-31-34-94-35-32-81)57(83)40-51(44(8)9)67(90)76(18)53(36-41(2)3)56(82)39-47(13)62(85)72-48(14)65(88)77(19)54(37-42(4)5)69(92)78(20)55(38-43(6)7)70(93)79(21)59(45(10)11)64(87)74-58(63(86)73-52)61(84)46(12)28-24-25-29-71/h41-55,58-61,84H,23-40,71H2,1-22H3,(H,72,85)(H,73,86)(H,74,87)/t46-,47-,48-,49-,50-,51+,52+,53+,54+,55+,58+,59+,60+,61-/m1/s1. The largest absolute Gasteiger partial charge is 0.390 e. The maximum atomic E-state index is 15.2. The van der Waals surface area contributed by atoms with Crippen molar-refractivity contribution in [2.24, 2.45) is 53.1 Å². The van der Waals surface area contributed by atoms with E-state index >= 15 is 14.4 Å². The molecule has 546 valence electrons. The number of nitrogens with one attached hydrogen (secondary N) is 3. The Balaban J connectivity index is 2.97. The fraction of sp³-hybridized carbons (Fsp3) is 0.843. The van der Waals surface area contributed by atoms with Crippen LogP contribution in [0.4, 0.5) is 0 Å². The number of hydrogen-bond donors (Lipinski definition) is 5. The van der Waals surface area contributed by atoms with Gasteiger partial charge < -0.3 is 65.7 Å². The van der Waals surface area contributed by atoms with Crippen LogP contribution in [0.5, 0.6) is 0 Å². The molecule has 0 radical (unpaired) electrons. The van der Waals surface area contributed by atoms with Gasteiger partial charge in [-0.2, -0.15) is 0 Å². The summed E-state index contributed by atoms with van der Waals surface area (Å²) < 4.78 is 11.9. The third-order valence-electron chi connectivity index (χ3n) is 19.2. The first-order valence-corrected chi connectivity index (χ1v) is 35.2. The molecule has 0 unspecified atom stereocenters. The van der Waals surface area contributed by atoms with Gasteiger partial charge in [-0.3, -0.25) is 57.6 Å². The Bertz CT molecular complexity index is 2510. The Hall–Kier alpha value is -5.63. The molecule has 95 heavy (non-hydrogen) atoms. The van der Waals surface area contributed by atoms with Crippen molar-refractivity contribution in [2.75, 3.05) is 88.3 Å². The maximum Gasteiger partial charge on any atom is 0.245 e. The Morgan fingerprint density at radius 1 is 0.537 bits per heavy atom. The molecule has 25 heteroatoms. The number of Topliss-reactive ketones (excluding diaryl/α,β-unsaturated/α-hetero) is 2. The molecule has 0 aromatic carbocycles. The summed E-state index contributed by atoms with van der Waals surface area (Å²) in [6.45, 7) is 32.3. The molecular formula is C70H127N11O14. The van der Waals surface area contributed by atoms with Crippen LogP contribution in [-0.4, -0.2) is 259 Å². The number of unbranched alkanes of at least 4 members (excludes halogenated alkanes) is 2. The van der Waals surface area contributed by atoms with Crippen LogP contribution in [0, 0.1) is 47.3 Å². The number of likely N-dealkylation sites (N-methyl/N-ethyl adjacent to an activating group) is 6. The molecule has 0 saturated carbocycles. The maximum absolute atomic E-state index is 15.2. The van der Waals surface area contributed by atoms with Gasteiger partial charge in [-0.15, -0.1) is 0 Å². The molecule has 2 saturated heterocycles. The van der Waals surface area contributed by atoms with E-state index < -0.39 is 161 Å². The fourth-order valence-corrected chi connectivity index (χ4v) is 12.9. The zero-order chi connectivity index (χ0) is 72.6. The number of rotatable bonds is 22. The van der Waals surface area contributed by atoms with Crippen LogP contribution in [0.25, 0.3) is 0 Å². The number of carbonyl (C=O) groups is 11. The summed E-state index contributed by atoms with van der Waals surface area (Å²) in [4.78, 5) is 173. The third kappa shape index (κ3) is 25.3. The minimum absolute atomic E-state index is 0.000925. The predicted octanol–water partition coefficient (Wildman–Crippen LogP) is 4.13. The molecule has 2 aliphatic rings. The smallest absolute Gasteiger partial charge is 0.245 e. The monoisotopic (exact) mass is 1350 g/mol. The lowest BCUT2D eigenvalue weighted by Gasteiger charge is -2.40. The topological polar surface area (TPSA) is 311 Å². The van der Waals surface area contributed by atoms with E-state index in [1.807, 2.05) is 41.5 Å². The number of amides is 9. The Labute approximate surface area is 569 Å². The molecule has 9 amide bonds. The van der Waals surface area contributed by atoms with Crippen molar-refractivity contribution < 1.29 is 67.3 Å². The van der Waals surface area contributed by atoms with E-state index in [9.17, 15) is 43.5 Å². The molecule has 0 aliphatic carbocycles. The van der Waals surface area contributed by atoms with Crippen LogP contribution < -0.4 is 21.7 Å². The molecule has 2 heterocycles. The van der Waals surface area contributed by atoms with Crippen molar-refractivity contribution in [1.82, 2.24) is 50.2 Å². The summed E-state index contributed by atoms with van der Waals surface area (Å²) in [5, 5.41) is 20.4. The van der Waals surface area contributed by atoms with E-state index in [1.165, 1.54) is 80.6 Å². The van der Waals surface area contributed by atoms with Crippen LogP contribution in [0.15, 0.2) is 0 Å². The summed E-state index contributed by atoms with van der Waals surface area (Å²) in [5.41, 5.74) is 5.82. The number of ketones is 2. The van der Waals surface area contributed by atoms with E-state index in [-0.39, 0.29) is 62.9 Å². The molecule has 25 nitrogen and oxygen atoms in total. The van der Waals surface area contributed by atoms with Crippen LogP contribution in [0.1, 0.15) is 181 Å². The molecule has 14 atom stereocenters. The Morgan fingerprint density at radius 2 is 1.05 bits per heavy atom. The summed E-state index contributed by atoms with van der Waals surface area (Å²) >= 11 is 0. The summed E-state index contributed by atoms with van der Waals surface area (Å²) in [6.07, 6.45) is 0.468. The number of aliphatic hydroxyl groups excluding tert-OH is 1. The van der Waals surface area contributed by atoms with Crippen molar-refractivity contribution in [3.63, 3.8) is 0 Å². The molecule has 0 aromatic heterocycles. The third-order valence-corrected chi connectivity index (χ3v) is 19.2. The Kier molecular flexibility index (Phi) is 36.8. The summed E-state index contributed by atoms with van der Waals surface area (Å²) in [6, 6.07) is -11.3. The fourth-order valence-electron chi connectivity index (χ4n) is 12.9. The second kappa shape index (κ2) is 40.9. The zero-order valence-electron chi connectivity index (χ0n) is 62.2. The number of ether oxygens (including phenoxy) is 2. The minimum Gasteiger partial charge on any atom is -0.390 e. The molecule has 2 fully saturated rings. The average molecular weight is 1350 g/mol. The lowest BCUT2D eigenvalue weighted by molar-refractivity contribution is -0.154. The van der Waals surface area contributed by atoms with Gasteiger partial charge in [0, 0.05) is 86.7 Å². The van der Waals surface area contributed by atoms with Gasteiger partial charge in [0.2, 0.25) is 53.2 Å². The highest BCUT2D eigenvalue weighted by atomic mass is 16.5. The SMILES string of the molecule is CC[C@@H]1NC(=O)[C@H]([C@H](O)[C@H](C)CCCCN)NC(=O)[C@H](C(C)C)N(C)C(=O)[C@H](CC(C)C)N(C)C(=O)[C@H](CC(C)C)N(C)C(=O)[C@@H](C)NC(=O)[C@H](C)CC(=O)[C@H](CC(C)C)N(C)C(=O)[C@H](C(C)C)CC(=O)[C@H]([C@@H](C)OCCCCN2CCOCC2)N(C)C(=O)[C@@H](C)N(C)C1=O. The van der Waals surface area contributed by atoms with Gasteiger partial charge in [-0.05, 0) is 121 Å². The van der Waals surface area contributed by atoms with Gasteiger partial charge in [-0.25, -0.2) is 0 Å². The first-order chi connectivity index (χ1) is 44.3. The van der Waals surface area contributed by atoms with Gasteiger partial charge in [0.25, 0.3) is 0 Å². The second-order valence-corrected chi connectivity index (χ2v) is 29.2. The van der Waals surface area contributed by atoms with Crippen LogP contribution in [0.2, 0.25) is 0 Å². The van der Waals surface area contributed by atoms with Gasteiger partial charge >= 0.3 is 0 Å². The number of hydrogen-bond acceptors (Lipinski definition) is 16. The minimum atomic E-state index is -1.68. The lowest BCUT2D eigenvalue weighted by atomic mass is 9.85. The van der Waals surface area contributed by atoms with Crippen molar-refractivity contribution >= 4 is 64.7 Å². The number of aliphatic hydroxyl groups is 1. The van der Waals surface area contributed by atoms with E-state index in [4.69, 9.17) is 15.2 Å². The molecule has 2 rings (SSSR count). The van der Waals surface area contributed by atoms with Crippen molar-refractivity contribution in [1.29, 1.82) is 0 Å². The number of nitrogens with zero attached hydrogens (tertiary/aromatic N) is 7. The quantitative estimate of drug-likeness (QED) is 0.0952. The second-order valence-electron chi connectivity index (χ2n) is 29.2. The zero-order valence-corrected chi connectivity index (χ0v) is 62.2. The number of carbonyl (C=O) groups excluding carboxylic acids is 11. The van der Waals surface area contributed by atoms with E-state index in [2.05, 4.69) is 20.9 Å².